The average molecular weight is 510 g/mol. The van der Waals surface area contributed by atoms with Crippen LogP contribution in [0.2, 0.25) is 5.02 Å². The molecule has 0 unspecified atom stereocenters. The van der Waals surface area contributed by atoms with Crippen LogP contribution in [0.1, 0.15) is 25.6 Å². The second kappa shape index (κ2) is 10.9. The lowest BCUT2D eigenvalue weighted by molar-refractivity contribution is -0.120. The van der Waals surface area contributed by atoms with Gasteiger partial charge >= 0.3 is 5.97 Å². The first-order valence-corrected chi connectivity index (χ1v) is 11.5. The van der Waals surface area contributed by atoms with Gasteiger partial charge in [0, 0.05) is 21.2 Å². The maximum absolute atomic E-state index is 12.9. The Morgan fingerprint density at radius 3 is 2.49 bits per heavy atom. The van der Waals surface area contributed by atoms with Crippen molar-refractivity contribution < 1.29 is 23.5 Å². The predicted octanol–water partition coefficient (Wildman–Crippen LogP) is 4.79. The van der Waals surface area contributed by atoms with Crippen LogP contribution in [0.15, 0.2) is 77.9 Å². The van der Waals surface area contributed by atoms with E-state index in [1.807, 2.05) is 24.3 Å². The molecule has 7 nitrogen and oxygen atoms in total. The Morgan fingerprint density at radius 1 is 1.00 bits per heavy atom. The number of thiophene rings is 1. The number of amides is 2. The average Bonchev–Trinajstić information content (AvgIpc) is 3.20. The summed E-state index contributed by atoms with van der Waals surface area (Å²) < 4.78 is 19.3. The second-order valence-electron chi connectivity index (χ2n) is 7.15. The second-order valence-corrected chi connectivity index (χ2v) is 8.58. The molecule has 1 aromatic heterocycles. The zero-order valence-electron chi connectivity index (χ0n) is 18.0. The van der Waals surface area contributed by atoms with Crippen LogP contribution in [0, 0.1) is 5.82 Å². The van der Waals surface area contributed by atoms with Crippen LogP contribution in [0.5, 0.6) is 5.75 Å². The minimum absolute atomic E-state index is 0.220. The number of carbonyl (C=O) groups excluding carboxylic acids is 3. The number of esters is 1. The van der Waals surface area contributed by atoms with Gasteiger partial charge < -0.3 is 10.1 Å². The van der Waals surface area contributed by atoms with Crippen molar-refractivity contribution in [3.8, 4) is 5.75 Å². The summed E-state index contributed by atoms with van der Waals surface area (Å²) in [5.74, 6) is -1.95. The van der Waals surface area contributed by atoms with Crippen molar-refractivity contribution in [2.45, 2.75) is 0 Å². The van der Waals surface area contributed by atoms with E-state index in [9.17, 15) is 18.8 Å². The number of ether oxygens (including phenoxy) is 1. The molecule has 3 aromatic carbocycles. The molecule has 0 bridgehead atoms. The van der Waals surface area contributed by atoms with E-state index in [0.29, 0.717) is 10.6 Å². The van der Waals surface area contributed by atoms with Gasteiger partial charge in [-0.15, -0.1) is 11.3 Å². The van der Waals surface area contributed by atoms with Crippen LogP contribution >= 0.6 is 22.9 Å². The summed E-state index contributed by atoms with van der Waals surface area (Å²) in [5, 5.41) is 7.37. The first-order chi connectivity index (χ1) is 16.9. The quantitative estimate of drug-likeness (QED) is 0.162. The summed E-state index contributed by atoms with van der Waals surface area (Å²) in [6, 6.07) is 19.0. The molecule has 4 rings (SSSR count). The summed E-state index contributed by atoms with van der Waals surface area (Å²) >= 11 is 7.60. The molecule has 2 amide bonds. The molecule has 0 atom stereocenters. The van der Waals surface area contributed by atoms with E-state index >= 15 is 0 Å². The van der Waals surface area contributed by atoms with Gasteiger partial charge in [-0.05, 0) is 42.5 Å². The van der Waals surface area contributed by atoms with E-state index in [1.54, 1.807) is 24.3 Å². The van der Waals surface area contributed by atoms with Crippen LogP contribution in [-0.2, 0) is 4.79 Å². The maximum atomic E-state index is 12.9. The summed E-state index contributed by atoms with van der Waals surface area (Å²) in [6.07, 6.45) is 1.31. The first kappa shape index (κ1) is 24.1. The summed E-state index contributed by atoms with van der Waals surface area (Å²) in [6.45, 7) is -0.339. The van der Waals surface area contributed by atoms with Crippen LogP contribution < -0.4 is 15.5 Å². The van der Waals surface area contributed by atoms with Crippen molar-refractivity contribution in [1.29, 1.82) is 0 Å². The highest BCUT2D eigenvalue weighted by Crippen LogP contribution is 2.35. The molecule has 0 aliphatic heterocycles. The fourth-order valence-electron chi connectivity index (χ4n) is 3.05. The predicted molar refractivity (Wildman–Crippen MR) is 133 cm³/mol. The third kappa shape index (κ3) is 5.89. The number of carbonyl (C=O) groups is 3. The van der Waals surface area contributed by atoms with Gasteiger partial charge in [-0.2, -0.15) is 5.10 Å². The van der Waals surface area contributed by atoms with Gasteiger partial charge in [0.1, 0.15) is 16.4 Å². The molecule has 35 heavy (non-hydrogen) atoms. The van der Waals surface area contributed by atoms with E-state index in [4.69, 9.17) is 16.3 Å². The standard InChI is InChI=1S/C25H17ClFN3O4S/c26-22-18-6-2-4-8-20(18)35-23(22)25(33)34-19-7-3-1-5-16(19)13-29-30-21(31)14-28-24(32)15-9-11-17(27)12-10-15/h1-13H,14H2,(H,28,32)(H,30,31). The van der Waals surface area contributed by atoms with E-state index in [-0.39, 0.29) is 22.7 Å². The molecular weight excluding hydrogens is 493 g/mol. The molecule has 176 valence electrons. The van der Waals surface area contributed by atoms with E-state index in [0.717, 1.165) is 22.2 Å². The molecule has 2 N–H and O–H groups in total. The van der Waals surface area contributed by atoms with Gasteiger partial charge in [-0.1, -0.05) is 41.9 Å². The normalized spacial score (nSPS) is 10.9. The molecule has 0 saturated carbocycles. The van der Waals surface area contributed by atoms with Crippen LogP contribution in [0.4, 0.5) is 4.39 Å². The maximum Gasteiger partial charge on any atom is 0.355 e. The van der Waals surface area contributed by atoms with Crippen LogP contribution in [0.3, 0.4) is 0 Å². The molecule has 0 aliphatic carbocycles. The van der Waals surface area contributed by atoms with Crippen molar-refractivity contribution >= 4 is 57.0 Å². The lowest BCUT2D eigenvalue weighted by atomic mass is 10.2. The molecule has 4 aromatic rings. The third-order valence-electron chi connectivity index (χ3n) is 4.75. The number of fused-ring (bicyclic) bond motifs is 1. The molecule has 0 spiro atoms. The molecule has 0 fully saturated rings. The van der Waals surface area contributed by atoms with Crippen molar-refractivity contribution in [1.82, 2.24) is 10.7 Å². The van der Waals surface area contributed by atoms with Crippen molar-refractivity contribution in [3.63, 3.8) is 0 Å². The van der Waals surface area contributed by atoms with E-state index in [2.05, 4.69) is 15.8 Å². The van der Waals surface area contributed by atoms with Gasteiger partial charge in [-0.25, -0.2) is 14.6 Å². The number of hydrazone groups is 1. The molecular formula is C25H17ClFN3O4S. The molecule has 0 saturated heterocycles. The van der Waals surface area contributed by atoms with Crippen molar-refractivity contribution in [2.75, 3.05) is 6.54 Å². The SMILES string of the molecule is O=C(CNC(=O)c1ccc(F)cc1)NN=Cc1ccccc1OC(=O)c1sc2ccccc2c1Cl. The number of hydrogen-bond acceptors (Lipinski definition) is 6. The van der Waals surface area contributed by atoms with Gasteiger partial charge in [0.2, 0.25) is 0 Å². The molecule has 10 heteroatoms. The van der Waals surface area contributed by atoms with Gasteiger partial charge in [-0.3, -0.25) is 9.59 Å². The van der Waals surface area contributed by atoms with E-state index < -0.39 is 23.6 Å². The number of halogens is 2. The molecule has 0 radical (unpaired) electrons. The lowest BCUT2D eigenvalue weighted by Gasteiger charge is -2.07. The minimum Gasteiger partial charge on any atom is -0.422 e. The minimum atomic E-state index is -0.607. The monoisotopic (exact) mass is 509 g/mol. The Balaban J connectivity index is 1.36. The highest BCUT2D eigenvalue weighted by molar-refractivity contribution is 7.21. The highest BCUT2D eigenvalue weighted by atomic mass is 35.5. The first-order valence-electron chi connectivity index (χ1n) is 10.3. The fraction of sp³-hybridized carbons (Fsp3) is 0.0400. The number of hydrogen-bond donors (Lipinski definition) is 2. The van der Waals surface area contributed by atoms with Crippen LogP contribution in [-0.4, -0.2) is 30.5 Å². The molecule has 0 aliphatic rings. The number of nitrogens with zero attached hydrogens (tertiary/aromatic N) is 1. The zero-order chi connectivity index (χ0) is 24.8. The zero-order valence-corrected chi connectivity index (χ0v) is 19.5. The Hall–Kier alpha value is -4.08. The van der Waals surface area contributed by atoms with Gasteiger partial charge in [0.25, 0.3) is 11.8 Å². The number of nitrogens with one attached hydrogen (secondary N) is 2. The topological polar surface area (TPSA) is 96.9 Å². The molecule has 1 heterocycles. The smallest absolute Gasteiger partial charge is 0.355 e. The van der Waals surface area contributed by atoms with Crippen molar-refractivity contribution in [3.05, 3.63) is 99.6 Å². The summed E-state index contributed by atoms with van der Waals surface area (Å²) in [4.78, 5) is 37.0. The Labute approximate surface area is 208 Å². The van der Waals surface area contributed by atoms with Crippen LogP contribution in [0.25, 0.3) is 10.1 Å². The Morgan fingerprint density at radius 2 is 1.71 bits per heavy atom. The highest BCUT2D eigenvalue weighted by Gasteiger charge is 2.19. The Kier molecular flexibility index (Phi) is 7.49. The summed E-state index contributed by atoms with van der Waals surface area (Å²) in [7, 11) is 0. The van der Waals surface area contributed by atoms with E-state index in [1.165, 1.54) is 29.7 Å². The number of benzene rings is 3. The lowest BCUT2D eigenvalue weighted by Crippen LogP contribution is -2.34. The largest absolute Gasteiger partial charge is 0.422 e. The summed E-state index contributed by atoms with van der Waals surface area (Å²) in [5.41, 5.74) is 2.94. The third-order valence-corrected chi connectivity index (χ3v) is 6.41. The van der Waals surface area contributed by atoms with Gasteiger partial charge in [0.05, 0.1) is 17.8 Å². The van der Waals surface area contributed by atoms with Gasteiger partial charge in [0.15, 0.2) is 0 Å². The Bertz CT molecular complexity index is 1440. The van der Waals surface area contributed by atoms with Crippen molar-refractivity contribution in [2.24, 2.45) is 5.10 Å². The fourth-order valence-corrected chi connectivity index (χ4v) is 4.43. The number of para-hydroxylation sites is 1. The number of rotatable bonds is 7.